The van der Waals surface area contributed by atoms with Gasteiger partial charge < -0.3 is 40.3 Å². The van der Waals surface area contributed by atoms with Crippen LogP contribution in [-0.4, -0.2) is 218 Å². The molecule has 2 aromatic carbocycles. The van der Waals surface area contributed by atoms with Crippen molar-refractivity contribution in [3.63, 3.8) is 0 Å². The summed E-state index contributed by atoms with van der Waals surface area (Å²) in [6.45, 7) is 14.3. The van der Waals surface area contributed by atoms with Crippen molar-refractivity contribution in [1.29, 1.82) is 0 Å². The van der Waals surface area contributed by atoms with Gasteiger partial charge in [0.05, 0.1) is 89.3 Å². The number of nitrogens with one attached hydrogen (secondary N) is 3. The fourth-order valence-electron chi connectivity index (χ4n) is 18.5. The Morgan fingerprint density at radius 3 is 1.16 bits per heavy atom. The van der Waals surface area contributed by atoms with Gasteiger partial charge in [0.15, 0.2) is 23.0 Å². The quantitative estimate of drug-likeness (QED) is 0.0809. The van der Waals surface area contributed by atoms with Gasteiger partial charge in [-0.3, -0.25) is 24.2 Å². The van der Waals surface area contributed by atoms with Crippen LogP contribution < -0.4 is 20.7 Å². The van der Waals surface area contributed by atoms with Crippen LogP contribution in [0.2, 0.25) is 0 Å². The number of carbonyl (C=O) groups is 4. The van der Waals surface area contributed by atoms with Gasteiger partial charge in [-0.05, 0) is 220 Å². The monoisotopic (exact) mass is 1650 g/mol. The van der Waals surface area contributed by atoms with Crippen molar-refractivity contribution in [2.24, 2.45) is 23.7 Å². The molecule has 12 aliphatic rings. The highest BCUT2D eigenvalue weighted by Gasteiger charge is 2.49. The Hall–Kier alpha value is -13.6. The summed E-state index contributed by atoms with van der Waals surface area (Å²) in [6, 6.07) is 20.6. The molecule has 34 heteroatoms. The van der Waals surface area contributed by atoms with Gasteiger partial charge in [0.25, 0.3) is 23.6 Å². The third-order valence-corrected chi connectivity index (χ3v) is 24.2. The lowest BCUT2D eigenvalue weighted by Gasteiger charge is -2.50. The van der Waals surface area contributed by atoms with E-state index in [1.54, 1.807) is 136 Å². The first kappa shape index (κ1) is 80.8. The second-order valence-corrected chi connectivity index (χ2v) is 32.7. The number of anilines is 3. The summed E-state index contributed by atoms with van der Waals surface area (Å²) in [6.07, 6.45) is 38.4. The van der Waals surface area contributed by atoms with Crippen LogP contribution in [0.1, 0.15) is 153 Å². The summed E-state index contributed by atoms with van der Waals surface area (Å²) in [5, 5.41) is 27.1. The molecule has 122 heavy (non-hydrogen) atoms. The Labute approximate surface area is 702 Å². The van der Waals surface area contributed by atoms with Crippen molar-refractivity contribution in [3.05, 3.63) is 240 Å². The lowest BCUT2D eigenvalue weighted by Crippen LogP contribution is -2.60. The van der Waals surface area contributed by atoms with E-state index in [4.69, 9.17) is 4.74 Å². The number of aromatic nitrogens is 20. The molecule has 12 fully saturated rings. The van der Waals surface area contributed by atoms with Crippen LogP contribution in [0.5, 0.6) is 6.01 Å². The zero-order chi connectivity index (χ0) is 84.1. The number of aryl methyl sites for hydroxylation is 6. The molecule has 24 rings (SSSR count). The summed E-state index contributed by atoms with van der Waals surface area (Å²) < 4.78 is 35.7. The summed E-state index contributed by atoms with van der Waals surface area (Å²) in [7, 11) is 0. The van der Waals surface area contributed by atoms with Crippen molar-refractivity contribution >= 4 is 41.3 Å². The first-order valence-corrected chi connectivity index (χ1v) is 41.5. The fourth-order valence-corrected chi connectivity index (χ4v) is 18.5. The van der Waals surface area contributed by atoms with Crippen LogP contribution in [0.15, 0.2) is 172 Å². The van der Waals surface area contributed by atoms with Gasteiger partial charge in [-0.15, -0.1) is 9.59 Å². The zero-order valence-electron chi connectivity index (χ0n) is 68.4. The number of benzene rings is 2. The number of rotatable bonds is 16. The standard InChI is InChI=1S/2C23H23FN6O.C21H24N8O.C21H23N7O2/c1-14-11-28-20(12-27-14)29-18-10-15-6-7-19(18)30(13-15)23(31)16-4-2-5-17(24)21(16)22-25-8-3-9-26-22;1-14-11-27-23(28-12-14)29-18-10-15-6-7-19(18)30(13-15)22(31)16-4-2-5-17(24)20(16)21-25-8-3-9-26-21;1-13-10-22-21(23-11-13)27-16-9-15-4-6-17(16)28(12-15)20(30)19-18(5-3-14(2)26-19)29-24-7-8-25-29;1-13-10-22-21(23-11-13)30-18-9-15-4-6-16(18)27(12-15)20(29)19-17(5-3-14(2)26-19)28-24-7-8-25-28/h2-5,8-9,11-12,15,18-19H,6-7,10,13H2,1H3,(H,28,29);2-5,8-9,11-12,15,18-19H,6-7,10,13H2,1H3,(H,27,28,29);3,5,7-8,10-11,15-17H,4,6,9,12H2,1-2H3,(H,22,23,27);3,5,7-8,10-11,15-16,18H,4,6,9,12H2,1-2H3. The molecule has 12 unspecified atom stereocenters. The third kappa shape index (κ3) is 17.7. The Morgan fingerprint density at radius 2 is 0.754 bits per heavy atom. The molecular formula is C88H93F2N27O5. The van der Waals surface area contributed by atoms with Crippen molar-refractivity contribution in [2.45, 2.75) is 167 Å². The molecule has 10 aromatic heterocycles. The number of amides is 4. The van der Waals surface area contributed by atoms with E-state index >= 15 is 0 Å². The molecular weight excluding hydrogens is 1550 g/mol. The maximum absolute atomic E-state index is 14.8. The van der Waals surface area contributed by atoms with E-state index in [2.05, 4.69) is 106 Å². The smallest absolute Gasteiger partial charge is 0.316 e. The van der Waals surface area contributed by atoms with E-state index in [1.807, 2.05) is 85.4 Å². The van der Waals surface area contributed by atoms with E-state index in [-0.39, 0.29) is 94.8 Å². The summed E-state index contributed by atoms with van der Waals surface area (Å²) >= 11 is 0. The van der Waals surface area contributed by atoms with Gasteiger partial charge in [-0.2, -0.15) is 20.4 Å². The van der Waals surface area contributed by atoms with Gasteiger partial charge in [0.1, 0.15) is 34.9 Å². The summed E-state index contributed by atoms with van der Waals surface area (Å²) in [5.74, 6) is 2.41. The van der Waals surface area contributed by atoms with Gasteiger partial charge in [0, 0.05) is 118 Å². The Kier molecular flexibility index (Phi) is 23.7. The lowest BCUT2D eigenvalue weighted by molar-refractivity contribution is -0.0333. The molecule has 8 bridgehead atoms. The molecule has 4 aliphatic carbocycles. The Balaban J connectivity index is 0.000000116. The van der Waals surface area contributed by atoms with Gasteiger partial charge >= 0.3 is 6.01 Å². The average Bonchev–Trinajstić information content (AvgIpc) is 0.940. The second kappa shape index (κ2) is 35.8. The molecule has 3 N–H and O–H groups in total. The van der Waals surface area contributed by atoms with Crippen LogP contribution in [0.25, 0.3) is 34.2 Å². The van der Waals surface area contributed by atoms with Crippen LogP contribution in [0.3, 0.4) is 0 Å². The van der Waals surface area contributed by atoms with E-state index in [0.717, 1.165) is 117 Å². The number of halogens is 2. The number of fused-ring (bicyclic) bond motifs is 12. The molecule has 12 atom stereocenters. The first-order chi connectivity index (χ1) is 59.4. The molecule has 624 valence electrons. The van der Waals surface area contributed by atoms with Crippen LogP contribution >= 0.6 is 0 Å². The summed E-state index contributed by atoms with van der Waals surface area (Å²) in [4.78, 5) is 126. The number of carbonyl (C=O) groups excluding carboxylic acids is 4. The largest absolute Gasteiger partial charge is 0.458 e. The highest BCUT2D eigenvalue weighted by molar-refractivity contribution is 6.02. The molecule has 8 saturated heterocycles. The molecule has 0 radical (unpaired) electrons. The van der Waals surface area contributed by atoms with Crippen molar-refractivity contribution < 1.29 is 32.7 Å². The normalized spacial score (nSPS) is 22.6. The molecule has 0 spiro atoms. The molecule has 4 amide bonds. The van der Waals surface area contributed by atoms with Crippen LogP contribution in [-0.2, 0) is 0 Å². The van der Waals surface area contributed by atoms with E-state index < -0.39 is 11.6 Å². The minimum Gasteiger partial charge on any atom is -0.458 e. The maximum Gasteiger partial charge on any atom is 0.316 e. The molecule has 12 aromatic rings. The number of ether oxygens (including phenoxy) is 1. The summed E-state index contributed by atoms with van der Waals surface area (Å²) in [5.41, 5.74) is 8.26. The average molecular weight is 1650 g/mol. The van der Waals surface area contributed by atoms with Crippen LogP contribution in [0.4, 0.5) is 26.5 Å². The van der Waals surface area contributed by atoms with Gasteiger partial charge in [0.2, 0.25) is 11.9 Å². The minimum absolute atomic E-state index is 0.00443. The topological polar surface area (TPSA) is 368 Å². The van der Waals surface area contributed by atoms with E-state index in [9.17, 15) is 28.0 Å². The minimum atomic E-state index is -0.498. The molecule has 18 heterocycles. The highest BCUT2D eigenvalue weighted by Crippen LogP contribution is 2.43. The predicted molar refractivity (Wildman–Crippen MR) is 445 cm³/mol. The SMILES string of the molecule is Cc1cnc(NC2CC3CCC2N(C(=O)c2cccc(F)c2-c2ncccn2)C3)cn1.Cc1cnc(NC2CC3CCC2N(C(=O)c2cccc(F)c2-c2ncccn2)C3)nc1.Cc1cnc(NC2CC3CCC2N(C(=O)c2nc(C)ccc2-n2nccn2)C3)nc1.Cc1cnc(OC2CC3CCC2N(C(=O)c2nc(C)ccc2-n2nccn2)C3)nc1. The maximum atomic E-state index is 14.8. The number of pyridine rings is 2. The molecule has 4 saturated carbocycles. The molecule has 8 aliphatic heterocycles. The predicted octanol–water partition coefficient (Wildman–Crippen LogP) is 11.3. The Bertz CT molecular complexity index is 5330. The van der Waals surface area contributed by atoms with Crippen molar-refractivity contribution in [2.75, 3.05) is 42.1 Å². The van der Waals surface area contributed by atoms with E-state index in [0.29, 0.717) is 101 Å². The van der Waals surface area contributed by atoms with Gasteiger partial charge in [-0.25, -0.2) is 73.6 Å². The van der Waals surface area contributed by atoms with E-state index in [1.165, 1.54) is 21.7 Å². The number of nitrogens with zero attached hydrogens (tertiary/aromatic N) is 24. The van der Waals surface area contributed by atoms with Crippen LogP contribution in [0, 0.1) is 76.8 Å². The second-order valence-electron chi connectivity index (χ2n) is 32.7. The molecule has 32 nitrogen and oxygen atoms in total. The first-order valence-electron chi connectivity index (χ1n) is 41.5. The number of piperidine rings is 8. The number of hydrogen-bond donors (Lipinski definition) is 3. The fraction of sp³-hybridized carbons (Fsp3) is 0.386. The third-order valence-electron chi connectivity index (χ3n) is 24.2. The Morgan fingerprint density at radius 1 is 0.369 bits per heavy atom. The van der Waals surface area contributed by atoms with Crippen molar-refractivity contribution in [3.8, 4) is 40.2 Å². The lowest BCUT2D eigenvalue weighted by atomic mass is 9.76. The highest BCUT2D eigenvalue weighted by atomic mass is 19.1. The van der Waals surface area contributed by atoms with Crippen molar-refractivity contribution in [1.82, 2.24) is 119 Å². The van der Waals surface area contributed by atoms with Gasteiger partial charge in [-0.1, -0.05) is 12.1 Å². The number of hydrogen-bond acceptors (Lipinski definition) is 26. The zero-order valence-corrected chi connectivity index (χ0v) is 68.4.